The van der Waals surface area contributed by atoms with Gasteiger partial charge in [-0.2, -0.15) is 0 Å². The number of benzene rings is 1. The largest absolute Gasteiger partial charge is 0.504 e. The molecule has 1 rings (SSSR count). The second kappa shape index (κ2) is 6.59. The average molecular weight is 248 g/mol. The Kier molecular flexibility index (Phi) is 5.11. The Morgan fingerprint density at radius 2 is 1.94 bits per heavy atom. The van der Waals surface area contributed by atoms with Gasteiger partial charge in [0.25, 0.3) is 0 Å². The van der Waals surface area contributed by atoms with Gasteiger partial charge in [-0.25, -0.2) is 0 Å². The van der Waals surface area contributed by atoms with Crippen molar-refractivity contribution < 1.29 is 19.8 Å². The first-order valence-corrected chi connectivity index (χ1v) is 5.77. The highest BCUT2D eigenvalue weighted by molar-refractivity contribution is 6.06. The number of ketones is 2. The molecule has 2 N–H and O–H groups in total. The fourth-order valence-electron chi connectivity index (χ4n) is 1.45. The quantitative estimate of drug-likeness (QED) is 0.460. The lowest BCUT2D eigenvalue weighted by molar-refractivity contribution is -0.124. The number of phenols is 2. The van der Waals surface area contributed by atoms with Crippen molar-refractivity contribution in [3.05, 3.63) is 29.8 Å². The van der Waals surface area contributed by atoms with Crippen molar-refractivity contribution in [1.29, 1.82) is 0 Å². The normalized spacial score (nSPS) is 10.7. The molecule has 0 bridgehead atoms. The Morgan fingerprint density at radius 3 is 2.56 bits per heavy atom. The van der Waals surface area contributed by atoms with Crippen LogP contribution in [0.15, 0.2) is 24.3 Å². The number of hydrogen-bond acceptors (Lipinski definition) is 4. The highest BCUT2D eigenvalue weighted by atomic mass is 16.3. The molecule has 0 heterocycles. The molecule has 0 saturated carbocycles. The van der Waals surface area contributed by atoms with E-state index in [0.29, 0.717) is 12.0 Å². The summed E-state index contributed by atoms with van der Waals surface area (Å²) >= 11 is 0. The van der Waals surface area contributed by atoms with Crippen LogP contribution in [0.2, 0.25) is 0 Å². The third-order valence-electron chi connectivity index (χ3n) is 2.36. The molecule has 4 heteroatoms. The number of rotatable bonds is 6. The molecule has 0 aliphatic rings. The summed E-state index contributed by atoms with van der Waals surface area (Å²) < 4.78 is 0. The Labute approximate surface area is 106 Å². The molecule has 4 nitrogen and oxygen atoms in total. The second-order valence-corrected chi connectivity index (χ2v) is 4.01. The summed E-state index contributed by atoms with van der Waals surface area (Å²) in [4.78, 5) is 22.7. The third kappa shape index (κ3) is 4.41. The highest BCUT2D eigenvalue weighted by Crippen LogP contribution is 2.25. The molecule has 96 valence electrons. The van der Waals surface area contributed by atoms with Crippen LogP contribution in [-0.2, 0) is 9.59 Å². The summed E-state index contributed by atoms with van der Waals surface area (Å²) in [5, 5.41) is 18.4. The number of carbonyl (C=O) groups excluding carboxylic acids is 2. The molecule has 18 heavy (non-hydrogen) atoms. The van der Waals surface area contributed by atoms with E-state index in [-0.39, 0.29) is 29.5 Å². The van der Waals surface area contributed by atoms with E-state index >= 15 is 0 Å². The molecule has 0 amide bonds. The average Bonchev–Trinajstić information content (AvgIpc) is 2.31. The number of phenolic OH excluding ortho intramolecular Hbond substituents is 2. The van der Waals surface area contributed by atoms with Gasteiger partial charge in [0.15, 0.2) is 17.3 Å². The van der Waals surface area contributed by atoms with Crippen molar-refractivity contribution in [2.45, 2.75) is 26.2 Å². The number of allylic oxidation sites excluding steroid dienone is 1. The molecule has 0 aromatic heterocycles. The zero-order chi connectivity index (χ0) is 13.5. The van der Waals surface area contributed by atoms with Crippen molar-refractivity contribution in [1.82, 2.24) is 0 Å². The molecule has 0 atom stereocenters. The van der Waals surface area contributed by atoms with Crippen LogP contribution in [0.1, 0.15) is 31.7 Å². The van der Waals surface area contributed by atoms with Crippen LogP contribution in [0.25, 0.3) is 6.08 Å². The molecular weight excluding hydrogens is 232 g/mol. The van der Waals surface area contributed by atoms with Crippen LogP contribution in [0.5, 0.6) is 11.5 Å². The van der Waals surface area contributed by atoms with Gasteiger partial charge in [0.1, 0.15) is 5.78 Å². The number of aromatic hydroxyl groups is 2. The van der Waals surface area contributed by atoms with Crippen LogP contribution in [0, 0.1) is 0 Å². The van der Waals surface area contributed by atoms with E-state index in [2.05, 4.69) is 0 Å². The lowest BCUT2D eigenvalue weighted by atomic mass is 10.1. The van der Waals surface area contributed by atoms with Gasteiger partial charge >= 0.3 is 0 Å². The predicted octanol–water partition coefficient (Wildman–Crippen LogP) is 2.44. The first kappa shape index (κ1) is 14.0. The molecular formula is C14H16O4. The topological polar surface area (TPSA) is 74.6 Å². The van der Waals surface area contributed by atoms with E-state index in [1.165, 1.54) is 24.3 Å². The second-order valence-electron chi connectivity index (χ2n) is 4.01. The number of hydrogen-bond donors (Lipinski definition) is 2. The van der Waals surface area contributed by atoms with Crippen molar-refractivity contribution in [3.63, 3.8) is 0 Å². The van der Waals surface area contributed by atoms with Gasteiger partial charge in [-0.05, 0) is 30.2 Å². The molecule has 1 aromatic carbocycles. The smallest absolute Gasteiger partial charge is 0.163 e. The van der Waals surface area contributed by atoms with Gasteiger partial charge in [-0.15, -0.1) is 0 Å². The Hall–Kier alpha value is -2.10. The molecule has 0 aliphatic heterocycles. The van der Waals surface area contributed by atoms with Crippen LogP contribution in [0.3, 0.4) is 0 Å². The van der Waals surface area contributed by atoms with E-state index in [1.54, 1.807) is 6.07 Å². The zero-order valence-electron chi connectivity index (χ0n) is 10.2. The summed E-state index contributed by atoms with van der Waals surface area (Å²) in [5.41, 5.74) is 0.585. The van der Waals surface area contributed by atoms with Gasteiger partial charge in [-0.1, -0.05) is 19.1 Å². The fraction of sp³-hybridized carbons (Fsp3) is 0.286. The van der Waals surface area contributed by atoms with Crippen molar-refractivity contribution in [2.75, 3.05) is 0 Å². The van der Waals surface area contributed by atoms with E-state index in [0.717, 1.165) is 6.42 Å². The standard InChI is InChI=1S/C14H16O4/c1-2-3-11(15)9-12(16)6-4-10-5-7-13(17)14(18)8-10/h4-8,17-18H,2-3,9H2,1H3/b6-4+. The molecule has 1 aromatic rings. The van der Waals surface area contributed by atoms with Gasteiger partial charge < -0.3 is 10.2 Å². The van der Waals surface area contributed by atoms with E-state index in [1.807, 2.05) is 6.92 Å². The van der Waals surface area contributed by atoms with Gasteiger partial charge in [-0.3, -0.25) is 9.59 Å². The molecule has 0 fully saturated rings. The predicted molar refractivity (Wildman–Crippen MR) is 68.3 cm³/mol. The summed E-state index contributed by atoms with van der Waals surface area (Å²) in [7, 11) is 0. The summed E-state index contributed by atoms with van der Waals surface area (Å²) in [6, 6.07) is 4.24. The third-order valence-corrected chi connectivity index (χ3v) is 2.36. The molecule has 0 aliphatic carbocycles. The fourth-order valence-corrected chi connectivity index (χ4v) is 1.45. The molecule has 0 saturated heterocycles. The van der Waals surface area contributed by atoms with Crippen LogP contribution >= 0.6 is 0 Å². The van der Waals surface area contributed by atoms with E-state index in [9.17, 15) is 14.7 Å². The minimum absolute atomic E-state index is 0.0688. The maximum absolute atomic E-state index is 11.4. The Balaban J connectivity index is 2.60. The van der Waals surface area contributed by atoms with Crippen LogP contribution in [-0.4, -0.2) is 21.8 Å². The first-order valence-electron chi connectivity index (χ1n) is 5.77. The van der Waals surface area contributed by atoms with Crippen molar-refractivity contribution in [3.8, 4) is 11.5 Å². The van der Waals surface area contributed by atoms with Crippen LogP contribution in [0.4, 0.5) is 0 Å². The lowest BCUT2D eigenvalue weighted by Crippen LogP contribution is -2.04. The number of carbonyl (C=O) groups is 2. The summed E-state index contributed by atoms with van der Waals surface area (Å²) in [6.45, 7) is 1.89. The van der Waals surface area contributed by atoms with Crippen molar-refractivity contribution >= 4 is 17.6 Å². The van der Waals surface area contributed by atoms with E-state index < -0.39 is 0 Å². The van der Waals surface area contributed by atoms with Gasteiger partial charge in [0, 0.05) is 6.42 Å². The lowest BCUT2D eigenvalue weighted by Gasteiger charge is -1.98. The highest BCUT2D eigenvalue weighted by Gasteiger charge is 2.05. The summed E-state index contributed by atoms with van der Waals surface area (Å²) in [6.07, 6.45) is 3.87. The van der Waals surface area contributed by atoms with Crippen molar-refractivity contribution in [2.24, 2.45) is 0 Å². The number of Topliss-reactive ketones (excluding diaryl/α,β-unsaturated/α-hetero) is 1. The minimum Gasteiger partial charge on any atom is -0.504 e. The molecule has 0 radical (unpaired) electrons. The Morgan fingerprint density at radius 1 is 1.22 bits per heavy atom. The maximum atomic E-state index is 11.4. The van der Waals surface area contributed by atoms with E-state index in [4.69, 9.17) is 5.11 Å². The molecule has 0 unspecified atom stereocenters. The Bertz CT molecular complexity index is 475. The first-order chi connectivity index (χ1) is 8.52. The van der Waals surface area contributed by atoms with Gasteiger partial charge in [0.2, 0.25) is 0 Å². The van der Waals surface area contributed by atoms with Gasteiger partial charge in [0.05, 0.1) is 6.42 Å². The maximum Gasteiger partial charge on any atom is 0.163 e. The monoisotopic (exact) mass is 248 g/mol. The SMILES string of the molecule is CCCC(=O)CC(=O)/C=C/c1ccc(O)c(O)c1. The zero-order valence-corrected chi connectivity index (χ0v) is 10.2. The summed E-state index contributed by atoms with van der Waals surface area (Å²) in [5.74, 6) is -0.787. The van der Waals surface area contributed by atoms with Crippen LogP contribution < -0.4 is 0 Å². The minimum atomic E-state index is -0.263. The molecule has 0 spiro atoms.